The molecule has 0 aromatic heterocycles. The van der Waals surface area contributed by atoms with E-state index < -0.39 is 0 Å². The van der Waals surface area contributed by atoms with Gasteiger partial charge in [0.05, 0.1) is 0 Å². The maximum Gasteiger partial charge on any atom is 0.0249 e. The largest absolute Gasteiger partial charge is 0.312 e. The highest BCUT2D eigenvalue weighted by molar-refractivity contribution is 5.21. The molecule has 21 heavy (non-hydrogen) atoms. The van der Waals surface area contributed by atoms with E-state index in [0.717, 1.165) is 18.0 Å². The van der Waals surface area contributed by atoms with Gasteiger partial charge < -0.3 is 5.32 Å². The van der Waals surface area contributed by atoms with E-state index in [4.69, 9.17) is 0 Å². The van der Waals surface area contributed by atoms with Gasteiger partial charge in [0.15, 0.2) is 0 Å². The minimum absolute atomic E-state index is 0.730. The molecule has 1 saturated heterocycles. The second-order valence-corrected chi connectivity index (χ2v) is 6.80. The van der Waals surface area contributed by atoms with Gasteiger partial charge in [-0.1, -0.05) is 50.1 Å². The number of likely N-dealkylation sites (tertiary alicyclic amines) is 1. The van der Waals surface area contributed by atoms with E-state index in [-0.39, 0.29) is 0 Å². The Morgan fingerprint density at radius 3 is 2.71 bits per heavy atom. The molecule has 3 atom stereocenters. The molecule has 3 unspecified atom stereocenters. The van der Waals surface area contributed by atoms with Gasteiger partial charge in [0.2, 0.25) is 0 Å². The Bertz CT molecular complexity index is 417. The van der Waals surface area contributed by atoms with Crippen LogP contribution in [0, 0.1) is 0 Å². The highest BCUT2D eigenvalue weighted by atomic mass is 15.2. The third-order valence-electron chi connectivity index (χ3n) is 5.35. The highest BCUT2D eigenvalue weighted by Crippen LogP contribution is 2.32. The van der Waals surface area contributed by atoms with Gasteiger partial charge in [-0.15, -0.1) is 0 Å². The summed E-state index contributed by atoms with van der Waals surface area (Å²) >= 11 is 0. The molecule has 1 N–H and O–H groups in total. The Kier molecular flexibility index (Phi) is 5.32. The molecule has 0 spiro atoms. The molecule has 0 amide bonds. The lowest BCUT2D eigenvalue weighted by molar-refractivity contribution is 0.147. The molecule has 1 aliphatic heterocycles. The molecule has 1 aromatic rings. The summed E-state index contributed by atoms with van der Waals surface area (Å²) in [7, 11) is 0. The van der Waals surface area contributed by atoms with Crippen LogP contribution in [0.2, 0.25) is 0 Å². The van der Waals surface area contributed by atoms with Crippen LogP contribution in [0.25, 0.3) is 0 Å². The van der Waals surface area contributed by atoms with Crippen molar-refractivity contribution in [2.45, 2.75) is 63.5 Å². The van der Waals surface area contributed by atoms with Crippen LogP contribution < -0.4 is 5.32 Å². The highest BCUT2D eigenvalue weighted by Gasteiger charge is 2.34. The summed E-state index contributed by atoms with van der Waals surface area (Å²) in [6.07, 6.45) is 8.17. The Labute approximate surface area is 129 Å². The van der Waals surface area contributed by atoms with Crippen LogP contribution in [0.1, 0.15) is 56.9 Å². The molecule has 1 heterocycles. The second-order valence-electron chi connectivity index (χ2n) is 6.80. The average Bonchev–Trinajstić information content (AvgIpc) is 3.04. The Morgan fingerprint density at radius 1 is 1.10 bits per heavy atom. The third kappa shape index (κ3) is 3.67. The number of benzene rings is 1. The van der Waals surface area contributed by atoms with Crippen molar-refractivity contribution in [2.75, 3.05) is 19.6 Å². The van der Waals surface area contributed by atoms with Crippen LogP contribution in [0.4, 0.5) is 0 Å². The zero-order chi connectivity index (χ0) is 14.5. The predicted molar refractivity (Wildman–Crippen MR) is 89.7 cm³/mol. The summed E-state index contributed by atoms with van der Waals surface area (Å²) in [4.78, 5) is 2.78. The minimum atomic E-state index is 0.730. The van der Waals surface area contributed by atoms with E-state index in [1.165, 1.54) is 63.7 Å². The topological polar surface area (TPSA) is 15.3 Å². The molecule has 1 saturated carbocycles. The quantitative estimate of drug-likeness (QED) is 0.886. The van der Waals surface area contributed by atoms with Crippen molar-refractivity contribution in [1.82, 2.24) is 10.2 Å². The first-order chi connectivity index (χ1) is 10.4. The molecule has 1 aromatic carbocycles. The Hall–Kier alpha value is -0.860. The summed E-state index contributed by atoms with van der Waals surface area (Å²) in [5.74, 6) is 0.750. The standard InChI is InChI=1S/C19H30N2/c1-2-13-20-18-10-6-7-11-19(18)21-14-12-17(15-21)16-8-4-3-5-9-16/h3-5,8-9,17-20H,2,6-7,10-15H2,1H3. The van der Waals surface area contributed by atoms with Crippen molar-refractivity contribution >= 4 is 0 Å². The van der Waals surface area contributed by atoms with Crippen LogP contribution >= 0.6 is 0 Å². The van der Waals surface area contributed by atoms with Crippen molar-refractivity contribution in [2.24, 2.45) is 0 Å². The Balaban J connectivity index is 1.61. The summed E-state index contributed by atoms with van der Waals surface area (Å²) in [6, 6.07) is 12.6. The van der Waals surface area contributed by atoms with Crippen LogP contribution in [-0.2, 0) is 0 Å². The maximum absolute atomic E-state index is 3.81. The van der Waals surface area contributed by atoms with Crippen LogP contribution in [0.5, 0.6) is 0 Å². The molecular weight excluding hydrogens is 256 g/mol. The first-order valence-corrected chi connectivity index (χ1v) is 8.91. The first-order valence-electron chi connectivity index (χ1n) is 8.91. The van der Waals surface area contributed by atoms with Crippen molar-refractivity contribution in [3.8, 4) is 0 Å². The van der Waals surface area contributed by atoms with Crippen molar-refractivity contribution in [1.29, 1.82) is 0 Å². The van der Waals surface area contributed by atoms with Crippen molar-refractivity contribution in [3.63, 3.8) is 0 Å². The van der Waals surface area contributed by atoms with Crippen molar-refractivity contribution in [3.05, 3.63) is 35.9 Å². The fraction of sp³-hybridized carbons (Fsp3) is 0.684. The van der Waals surface area contributed by atoms with Gasteiger partial charge in [0.1, 0.15) is 0 Å². The molecule has 1 aliphatic carbocycles. The average molecular weight is 286 g/mol. The molecule has 2 aliphatic rings. The van der Waals surface area contributed by atoms with E-state index in [1.54, 1.807) is 0 Å². The molecule has 0 bridgehead atoms. The zero-order valence-electron chi connectivity index (χ0n) is 13.4. The first kappa shape index (κ1) is 15.1. The van der Waals surface area contributed by atoms with Gasteiger partial charge in [-0.3, -0.25) is 4.90 Å². The molecule has 0 radical (unpaired) electrons. The summed E-state index contributed by atoms with van der Waals surface area (Å²) in [5.41, 5.74) is 1.54. The van der Waals surface area contributed by atoms with Gasteiger partial charge in [0.25, 0.3) is 0 Å². The molecular formula is C19H30N2. The van der Waals surface area contributed by atoms with Gasteiger partial charge in [-0.2, -0.15) is 0 Å². The van der Waals surface area contributed by atoms with E-state index >= 15 is 0 Å². The SMILES string of the molecule is CCCNC1CCCCC1N1CCC(c2ccccc2)C1. The lowest BCUT2D eigenvalue weighted by atomic mass is 9.89. The summed E-state index contributed by atoms with van der Waals surface area (Å²) < 4.78 is 0. The smallest absolute Gasteiger partial charge is 0.0249 e. The van der Waals surface area contributed by atoms with E-state index in [0.29, 0.717) is 0 Å². The number of hydrogen-bond acceptors (Lipinski definition) is 2. The number of nitrogens with one attached hydrogen (secondary N) is 1. The maximum atomic E-state index is 3.81. The lowest BCUT2D eigenvalue weighted by Gasteiger charge is -2.38. The fourth-order valence-corrected chi connectivity index (χ4v) is 4.20. The monoisotopic (exact) mass is 286 g/mol. The van der Waals surface area contributed by atoms with E-state index in [2.05, 4.69) is 47.5 Å². The normalized spacial score (nSPS) is 30.6. The molecule has 2 fully saturated rings. The van der Waals surface area contributed by atoms with Gasteiger partial charge >= 0.3 is 0 Å². The van der Waals surface area contributed by atoms with Gasteiger partial charge in [0, 0.05) is 18.6 Å². The minimum Gasteiger partial charge on any atom is -0.312 e. The van der Waals surface area contributed by atoms with Crippen LogP contribution in [0.15, 0.2) is 30.3 Å². The zero-order valence-corrected chi connectivity index (χ0v) is 13.4. The van der Waals surface area contributed by atoms with E-state index in [9.17, 15) is 0 Å². The fourth-order valence-electron chi connectivity index (χ4n) is 4.20. The number of hydrogen-bond donors (Lipinski definition) is 1. The molecule has 2 heteroatoms. The van der Waals surface area contributed by atoms with E-state index in [1.807, 2.05) is 0 Å². The summed E-state index contributed by atoms with van der Waals surface area (Å²) in [5, 5.41) is 3.81. The molecule has 2 nitrogen and oxygen atoms in total. The third-order valence-corrected chi connectivity index (χ3v) is 5.35. The van der Waals surface area contributed by atoms with Crippen LogP contribution in [-0.4, -0.2) is 36.6 Å². The summed E-state index contributed by atoms with van der Waals surface area (Å²) in [6.45, 7) is 6.00. The van der Waals surface area contributed by atoms with Crippen molar-refractivity contribution < 1.29 is 0 Å². The Morgan fingerprint density at radius 2 is 1.90 bits per heavy atom. The molecule has 116 valence electrons. The number of nitrogens with zero attached hydrogens (tertiary/aromatic N) is 1. The number of rotatable bonds is 5. The second kappa shape index (κ2) is 7.42. The lowest BCUT2D eigenvalue weighted by Crippen LogP contribution is -2.51. The molecule has 3 rings (SSSR count). The van der Waals surface area contributed by atoms with Gasteiger partial charge in [-0.05, 0) is 50.3 Å². The predicted octanol–water partition coefficient (Wildman–Crippen LogP) is 3.79. The van der Waals surface area contributed by atoms with Crippen LogP contribution in [0.3, 0.4) is 0 Å². The van der Waals surface area contributed by atoms with Gasteiger partial charge in [-0.25, -0.2) is 0 Å².